The Bertz CT molecular complexity index is 622. The standard InChI is InChI=1S/C13H15Cl2NO3S/c1-9(2)16-20(18,19)13-11(14)7-10(8-12(13)15)5-3-4-6-17/h7-9,16-17H,4,6H2,1-2H3. The number of hydrogen-bond donors (Lipinski definition) is 2. The largest absolute Gasteiger partial charge is 0.395 e. The van der Waals surface area contributed by atoms with Gasteiger partial charge in [-0.2, -0.15) is 0 Å². The molecule has 0 aliphatic carbocycles. The van der Waals surface area contributed by atoms with Gasteiger partial charge in [0.2, 0.25) is 10.0 Å². The Hall–Kier alpha value is -0.770. The third kappa shape index (κ3) is 4.65. The SMILES string of the molecule is CC(C)NS(=O)(=O)c1c(Cl)cc(C#CCCO)cc1Cl. The molecule has 0 amide bonds. The minimum absolute atomic E-state index is 0.0129. The molecule has 1 aromatic rings. The highest BCUT2D eigenvalue weighted by Crippen LogP contribution is 2.30. The van der Waals surface area contributed by atoms with Crippen molar-refractivity contribution in [2.45, 2.75) is 31.2 Å². The zero-order valence-electron chi connectivity index (χ0n) is 11.1. The zero-order chi connectivity index (χ0) is 15.3. The molecule has 0 unspecified atom stereocenters. The summed E-state index contributed by atoms with van der Waals surface area (Å²) in [4.78, 5) is -0.151. The number of aliphatic hydroxyl groups is 1. The Morgan fingerprint density at radius 2 is 1.85 bits per heavy atom. The molecule has 7 heteroatoms. The Morgan fingerprint density at radius 1 is 1.30 bits per heavy atom. The predicted molar refractivity (Wildman–Crippen MR) is 80.5 cm³/mol. The van der Waals surface area contributed by atoms with Crippen molar-refractivity contribution in [3.63, 3.8) is 0 Å². The summed E-state index contributed by atoms with van der Waals surface area (Å²) in [7, 11) is -3.76. The van der Waals surface area contributed by atoms with Crippen molar-refractivity contribution in [1.82, 2.24) is 4.72 Å². The first kappa shape index (κ1) is 17.3. The van der Waals surface area contributed by atoms with Crippen molar-refractivity contribution < 1.29 is 13.5 Å². The van der Waals surface area contributed by atoms with Crippen molar-refractivity contribution in [3.8, 4) is 11.8 Å². The molecule has 4 nitrogen and oxygen atoms in total. The van der Waals surface area contributed by atoms with E-state index in [-0.39, 0.29) is 27.6 Å². The van der Waals surface area contributed by atoms with Gasteiger partial charge in [-0.3, -0.25) is 0 Å². The van der Waals surface area contributed by atoms with E-state index in [1.54, 1.807) is 13.8 Å². The lowest BCUT2D eigenvalue weighted by molar-refractivity contribution is 0.305. The van der Waals surface area contributed by atoms with Gasteiger partial charge in [-0.1, -0.05) is 35.0 Å². The summed E-state index contributed by atoms with van der Waals surface area (Å²) < 4.78 is 26.6. The summed E-state index contributed by atoms with van der Waals surface area (Å²) in [6, 6.07) is 2.61. The fraction of sp³-hybridized carbons (Fsp3) is 0.385. The molecular weight excluding hydrogens is 321 g/mol. The second-order valence-electron chi connectivity index (χ2n) is 4.32. The van der Waals surface area contributed by atoms with E-state index >= 15 is 0 Å². The normalized spacial score (nSPS) is 11.3. The van der Waals surface area contributed by atoms with Gasteiger partial charge in [0.1, 0.15) is 4.90 Å². The van der Waals surface area contributed by atoms with Crippen LogP contribution in [-0.2, 0) is 10.0 Å². The van der Waals surface area contributed by atoms with Gasteiger partial charge in [0.25, 0.3) is 0 Å². The molecule has 20 heavy (non-hydrogen) atoms. The molecule has 0 aliphatic rings. The molecule has 0 heterocycles. The predicted octanol–water partition coefficient (Wildman–Crippen LogP) is 2.41. The number of hydrogen-bond acceptors (Lipinski definition) is 3. The maximum atomic E-state index is 12.1. The van der Waals surface area contributed by atoms with Crippen molar-refractivity contribution in [3.05, 3.63) is 27.7 Å². The molecule has 0 saturated heterocycles. The highest BCUT2D eigenvalue weighted by molar-refractivity contribution is 7.89. The summed E-state index contributed by atoms with van der Waals surface area (Å²) >= 11 is 12.0. The monoisotopic (exact) mass is 335 g/mol. The van der Waals surface area contributed by atoms with Crippen LogP contribution in [0.15, 0.2) is 17.0 Å². The average molecular weight is 336 g/mol. The van der Waals surface area contributed by atoms with Crippen molar-refractivity contribution in [1.29, 1.82) is 0 Å². The average Bonchev–Trinajstić information content (AvgIpc) is 2.25. The van der Waals surface area contributed by atoms with E-state index in [9.17, 15) is 8.42 Å². The number of sulfonamides is 1. The van der Waals surface area contributed by atoms with Gasteiger partial charge in [0.15, 0.2) is 0 Å². The van der Waals surface area contributed by atoms with Gasteiger partial charge < -0.3 is 5.11 Å². The molecule has 1 rings (SSSR count). The topological polar surface area (TPSA) is 66.4 Å². The lowest BCUT2D eigenvalue weighted by atomic mass is 10.2. The second-order valence-corrected chi connectivity index (χ2v) is 6.79. The third-order valence-corrected chi connectivity index (χ3v) is 4.71. The number of aliphatic hydroxyl groups excluding tert-OH is 1. The third-order valence-electron chi connectivity index (χ3n) is 2.13. The first-order chi connectivity index (χ1) is 9.27. The molecule has 0 radical (unpaired) electrons. The Kier molecular flexibility index (Phi) is 6.31. The summed E-state index contributed by atoms with van der Waals surface area (Å²) in [5.41, 5.74) is 0.497. The molecule has 0 atom stereocenters. The van der Waals surface area contributed by atoms with Crippen LogP contribution in [0, 0.1) is 11.8 Å². The lowest BCUT2D eigenvalue weighted by Gasteiger charge is -2.12. The Balaban J connectivity index is 3.23. The maximum absolute atomic E-state index is 12.1. The highest BCUT2D eigenvalue weighted by atomic mass is 35.5. The fourth-order valence-corrected chi connectivity index (χ4v) is 3.94. The molecule has 0 fully saturated rings. The van der Waals surface area contributed by atoms with Crippen LogP contribution >= 0.6 is 23.2 Å². The first-order valence-corrected chi connectivity index (χ1v) is 8.13. The number of halogens is 2. The molecule has 110 valence electrons. The van der Waals surface area contributed by atoms with E-state index in [2.05, 4.69) is 16.6 Å². The van der Waals surface area contributed by atoms with Gasteiger partial charge in [0.05, 0.1) is 16.7 Å². The van der Waals surface area contributed by atoms with Crippen LogP contribution in [0.5, 0.6) is 0 Å². The van der Waals surface area contributed by atoms with Crippen molar-refractivity contribution >= 4 is 33.2 Å². The summed E-state index contributed by atoms with van der Waals surface area (Å²) in [6.45, 7) is 3.36. The van der Waals surface area contributed by atoms with Crippen LogP contribution in [0.3, 0.4) is 0 Å². The quantitative estimate of drug-likeness (QED) is 0.830. The second kappa shape index (κ2) is 7.30. The Morgan fingerprint density at radius 3 is 2.30 bits per heavy atom. The minimum atomic E-state index is -3.76. The van der Waals surface area contributed by atoms with Crippen LogP contribution in [0.4, 0.5) is 0 Å². The summed E-state index contributed by atoms with van der Waals surface area (Å²) in [5, 5.41) is 8.67. The van der Waals surface area contributed by atoms with Gasteiger partial charge in [-0.25, -0.2) is 13.1 Å². The molecule has 0 aliphatic heterocycles. The first-order valence-electron chi connectivity index (χ1n) is 5.89. The van der Waals surface area contributed by atoms with Crippen LogP contribution < -0.4 is 4.72 Å². The molecule has 0 spiro atoms. The van der Waals surface area contributed by atoms with Gasteiger partial charge in [-0.15, -0.1) is 0 Å². The van der Waals surface area contributed by atoms with E-state index in [1.165, 1.54) is 12.1 Å². The minimum Gasteiger partial charge on any atom is -0.395 e. The van der Waals surface area contributed by atoms with Gasteiger partial charge in [0, 0.05) is 18.0 Å². The van der Waals surface area contributed by atoms with Gasteiger partial charge >= 0.3 is 0 Å². The number of rotatable bonds is 4. The fourth-order valence-electron chi connectivity index (χ4n) is 1.48. The van der Waals surface area contributed by atoms with E-state index in [1.807, 2.05) is 0 Å². The van der Waals surface area contributed by atoms with Crippen LogP contribution in [0.1, 0.15) is 25.8 Å². The van der Waals surface area contributed by atoms with Gasteiger partial charge in [-0.05, 0) is 26.0 Å². The van der Waals surface area contributed by atoms with Crippen LogP contribution in [-0.4, -0.2) is 26.2 Å². The highest BCUT2D eigenvalue weighted by Gasteiger charge is 2.23. The van der Waals surface area contributed by atoms with Crippen molar-refractivity contribution in [2.24, 2.45) is 0 Å². The zero-order valence-corrected chi connectivity index (χ0v) is 13.4. The maximum Gasteiger partial charge on any atom is 0.243 e. The molecule has 1 aromatic carbocycles. The van der Waals surface area contributed by atoms with Crippen LogP contribution in [0.25, 0.3) is 0 Å². The molecule has 2 N–H and O–H groups in total. The number of benzene rings is 1. The molecule has 0 aromatic heterocycles. The van der Waals surface area contributed by atoms with E-state index < -0.39 is 10.0 Å². The molecule has 0 saturated carbocycles. The summed E-state index contributed by atoms with van der Waals surface area (Å²) in [6.07, 6.45) is 0.324. The van der Waals surface area contributed by atoms with E-state index in [4.69, 9.17) is 28.3 Å². The number of nitrogens with one attached hydrogen (secondary N) is 1. The smallest absolute Gasteiger partial charge is 0.243 e. The van der Waals surface area contributed by atoms with E-state index in [0.717, 1.165) is 0 Å². The molecular formula is C13H15Cl2NO3S. The van der Waals surface area contributed by atoms with E-state index in [0.29, 0.717) is 12.0 Å². The summed E-state index contributed by atoms with van der Waals surface area (Å²) in [5.74, 6) is 5.47. The Labute approximate surface area is 129 Å². The van der Waals surface area contributed by atoms with Crippen LogP contribution in [0.2, 0.25) is 10.0 Å². The lowest BCUT2D eigenvalue weighted by Crippen LogP contribution is -2.30. The molecule has 0 bridgehead atoms. The van der Waals surface area contributed by atoms with Crippen molar-refractivity contribution in [2.75, 3.05) is 6.61 Å².